The van der Waals surface area contributed by atoms with E-state index in [4.69, 9.17) is 0 Å². The summed E-state index contributed by atoms with van der Waals surface area (Å²) >= 11 is 1.72. The molecule has 0 radical (unpaired) electrons. The Morgan fingerprint density at radius 1 is 1.18 bits per heavy atom. The van der Waals surface area contributed by atoms with Gasteiger partial charge < -0.3 is 4.98 Å². The topological polar surface area (TPSA) is 79.7 Å². The fraction of sp³-hybridized carbons (Fsp3) is 0.440. The van der Waals surface area contributed by atoms with E-state index in [1.807, 2.05) is 23.7 Å². The van der Waals surface area contributed by atoms with Gasteiger partial charge in [0, 0.05) is 34.4 Å². The van der Waals surface area contributed by atoms with Crippen molar-refractivity contribution in [2.24, 2.45) is 0 Å². The van der Waals surface area contributed by atoms with E-state index in [9.17, 15) is 4.79 Å². The molecular weight excluding hydrogens is 432 g/mol. The van der Waals surface area contributed by atoms with E-state index in [1.54, 1.807) is 11.3 Å². The summed E-state index contributed by atoms with van der Waals surface area (Å²) in [6.45, 7) is 13.8. The molecular formula is C25H32N6OS. The van der Waals surface area contributed by atoms with E-state index >= 15 is 0 Å². The first-order valence-electron chi connectivity index (χ1n) is 11.4. The van der Waals surface area contributed by atoms with Gasteiger partial charge in [-0.1, -0.05) is 19.1 Å². The van der Waals surface area contributed by atoms with E-state index in [0.29, 0.717) is 6.54 Å². The van der Waals surface area contributed by atoms with Crippen LogP contribution in [0.2, 0.25) is 0 Å². The van der Waals surface area contributed by atoms with Crippen LogP contribution < -0.4 is 5.56 Å². The fourth-order valence-corrected chi connectivity index (χ4v) is 5.14. The van der Waals surface area contributed by atoms with Crippen LogP contribution in [-0.2, 0) is 18.6 Å². The van der Waals surface area contributed by atoms with Gasteiger partial charge in [-0.2, -0.15) is 0 Å². The van der Waals surface area contributed by atoms with Crippen LogP contribution in [0.25, 0.3) is 10.9 Å². The molecule has 174 valence electrons. The Bertz CT molecular complexity index is 1300. The van der Waals surface area contributed by atoms with Gasteiger partial charge in [0.15, 0.2) is 5.82 Å². The maximum absolute atomic E-state index is 13.1. The first-order chi connectivity index (χ1) is 15.7. The Balaban J connectivity index is 1.78. The van der Waals surface area contributed by atoms with Gasteiger partial charge in [-0.25, -0.2) is 4.68 Å². The Morgan fingerprint density at radius 3 is 2.64 bits per heavy atom. The molecule has 3 heterocycles. The van der Waals surface area contributed by atoms with Gasteiger partial charge in [-0.3, -0.25) is 9.69 Å². The van der Waals surface area contributed by atoms with Crippen LogP contribution >= 0.6 is 11.3 Å². The molecule has 0 saturated carbocycles. The predicted molar refractivity (Wildman–Crippen MR) is 133 cm³/mol. The van der Waals surface area contributed by atoms with Crippen molar-refractivity contribution >= 4 is 22.2 Å². The zero-order chi connectivity index (χ0) is 23.8. The number of thiophene rings is 1. The minimum absolute atomic E-state index is 0.0319. The maximum Gasteiger partial charge on any atom is 0.252 e. The summed E-state index contributed by atoms with van der Waals surface area (Å²) in [6, 6.07) is 10.4. The lowest BCUT2D eigenvalue weighted by atomic mass is 10.0. The van der Waals surface area contributed by atoms with E-state index in [1.165, 1.54) is 4.88 Å². The molecule has 0 aliphatic rings. The molecule has 0 fully saturated rings. The molecule has 8 heteroatoms. The van der Waals surface area contributed by atoms with Crippen molar-refractivity contribution in [1.29, 1.82) is 0 Å². The van der Waals surface area contributed by atoms with Crippen molar-refractivity contribution in [2.75, 3.05) is 0 Å². The largest absolute Gasteiger partial charge is 0.322 e. The molecule has 0 spiro atoms. The first kappa shape index (κ1) is 23.3. The van der Waals surface area contributed by atoms with Crippen molar-refractivity contribution < 1.29 is 0 Å². The highest BCUT2D eigenvalue weighted by Crippen LogP contribution is 2.30. The van der Waals surface area contributed by atoms with E-state index in [0.717, 1.165) is 46.4 Å². The summed E-state index contributed by atoms with van der Waals surface area (Å²) in [5.74, 6) is 0.825. The summed E-state index contributed by atoms with van der Waals surface area (Å²) in [6.07, 6.45) is 0.825. The number of nitrogens with one attached hydrogen (secondary N) is 1. The van der Waals surface area contributed by atoms with Crippen molar-refractivity contribution in [3.05, 3.63) is 73.5 Å². The number of hydrogen-bond acceptors (Lipinski definition) is 6. The molecule has 0 aliphatic carbocycles. The fourth-order valence-electron chi connectivity index (χ4n) is 4.42. The van der Waals surface area contributed by atoms with Crippen LogP contribution in [0, 0.1) is 13.8 Å². The predicted octanol–water partition coefficient (Wildman–Crippen LogP) is 5.10. The summed E-state index contributed by atoms with van der Waals surface area (Å²) in [5, 5.41) is 15.9. The number of nitrogens with zero attached hydrogens (tertiary/aromatic N) is 5. The Morgan fingerprint density at radius 2 is 1.97 bits per heavy atom. The quantitative estimate of drug-likeness (QED) is 0.411. The van der Waals surface area contributed by atoms with E-state index in [2.05, 4.69) is 83.6 Å². The molecule has 0 saturated heterocycles. The van der Waals surface area contributed by atoms with Crippen LogP contribution in [0.1, 0.15) is 67.5 Å². The zero-order valence-electron chi connectivity index (χ0n) is 20.2. The minimum atomic E-state index is -0.240. The molecule has 1 atom stereocenters. The van der Waals surface area contributed by atoms with Gasteiger partial charge in [-0.05, 0) is 86.2 Å². The second-order valence-electron chi connectivity index (χ2n) is 9.69. The van der Waals surface area contributed by atoms with Gasteiger partial charge in [0.1, 0.15) is 0 Å². The zero-order valence-corrected chi connectivity index (χ0v) is 21.0. The summed E-state index contributed by atoms with van der Waals surface area (Å²) in [5.41, 5.74) is 3.65. The number of rotatable bonds is 7. The highest BCUT2D eigenvalue weighted by Gasteiger charge is 2.30. The summed E-state index contributed by atoms with van der Waals surface area (Å²) in [4.78, 5) is 19.8. The highest BCUT2D eigenvalue weighted by molar-refractivity contribution is 7.09. The lowest BCUT2D eigenvalue weighted by molar-refractivity contribution is 0.155. The molecule has 1 unspecified atom stereocenters. The number of pyridine rings is 1. The number of hydrogen-bond donors (Lipinski definition) is 1. The summed E-state index contributed by atoms with van der Waals surface area (Å²) < 4.78 is 1.90. The molecule has 1 N–H and O–H groups in total. The van der Waals surface area contributed by atoms with Crippen molar-refractivity contribution in [1.82, 2.24) is 30.1 Å². The molecule has 33 heavy (non-hydrogen) atoms. The number of benzene rings is 1. The van der Waals surface area contributed by atoms with Crippen LogP contribution in [0.3, 0.4) is 0 Å². The van der Waals surface area contributed by atoms with Crippen molar-refractivity contribution in [3.8, 4) is 0 Å². The SMILES string of the molecule is CCC(c1nnnn1C(C)(C)C)N(Cc1cccs1)Cc1cc2c(C)cc(C)cc2[nH]c1=O. The van der Waals surface area contributed by atoms with Gasteiger partial charge in [-0.15, -0.1) is 16.4 Å². The lowest BCUT2D eigenvalue weighted by Crippen LogP contribution is -2.35. The molecule has 0 aliphatic heterocycles. The number of aromatic nitrogens is 5. The van der Waals surface area contributed by atoms with Crippen LogP contribution in [-0.4, -0.2) is 30.1 Å². The molecule has 7 nitrogen and oxygen atoms in total. The smallest absolute Gasteiger partial charge is 0.252 e. The first-order valence-corrected chi connectivity index (χ1v) is 12.2. The Hall–Kier alpha value is -2.84. The molecule has 4 aromatic rings. The molecule has 4 rings (SSSR count). The third-order valence-electron chi connectivity index (χ3n) is 5.96. The number of tetrazole rings is 1. The number of fused-ring (bicyclic) bond motifs is 1. The Labute approximate surface area is 198 Å². The third kappa shape index (κ3) is 4.91. The second kappa shape index (κ2) is 9.19. The lowest BCUT2D eigenvalue weighted by Gasteiger charge is -2.32. The van der Waals surface area contributed by atoms with Gasteiger partial charge in [0.25, 0.3) is 5.56 Å². The number of aryl methyl sites for hydroxylation is 2. The van der Waals surface area contributed by atoms with Crippen molar-refractivity contribution in [2.45, 2.75) is 72.6 Å². The number of aromatic amines is 1. The maximum atomic E-state index is 13.1. The minimum Gasteiger partial charge on any atom is -0.322 e. The molecule has 0 amide bonds. The van der Waals surface area contributed by atoms with Crippen LogP contribution in [0.15, 0.2) is 40.5 Å². The molecule has 3 aromatic heterocycles. The van der Waals surface area contributed by atoms with Crippen LogP contribution in [0.5, 0.6) is 0 Å². The van der Waals surface area contributed by atoms with Crippen molar-refractivity contribution in [3.63, 3.8) is 0 Å². The normalized spacial score (nSPS) is 13.2. The average Bonchev–Trinajstić information content (AvgIpc) is 3.41. The monoisotopic (exact) mass is 464 g/mol. The van der Waals surface area contributed by atoms with Gasteiger partial charge >= 0.3 is 0 Å². The average molecular weight is 465 g/mol. The third-order valence-corrected chi connectivity index (χ3v) is 6.82. The van der Waals surface area contributed by atoms with Gasteiger partial charge in [0.05, 0.1) is 11.6 Å². The van der Waals surface area contributed by atoms with E-state index in [-0.39, 0.29) is 17.1 Å². The standard InChI is InChI=1S/C25H32N6OS/c1-7-22(23-27-28-29-31(23)25(4,5)6)30(15-19-9-8-10-33-19)14-18-13-20-17(3)11-16(2)12-21(20)26-24(18)32/h8-13,22H,7,14-15H2,1-6H3,(H,26,32). The second-order valence-corrected chi connectivity index (χ2v) is 10.7. The Kier molecular flexibility index (Phi) is 6.50. The molecule has 1 aromatic carbocycles. The summed E-state index contributed by atoms with van der Waals surface area (Å²) in [7, 11) is 0. The van der Waals surface area contributed by atoms with Gasteiger partial charge in [0.2, 0.25) is 0 Å². The number of H-pyrrole nitrogens is 1. The molecule has 0 bridgehead atoms. The van der Waals surface area contributed by atoms with E-state index < -0.39 is 0 Å². The van der Waals surface area contributed by atoms with Crippen LogP contribution in [0.4, 0.5) is 0 Å². The highest BCUT2D eigenvalue weighted by atomic mass is 32.1.